The summed E-state index contributed by atoms with van der Waals surface area (Å²) in [6.45, 7) is 0. The highest BCUT2D eigenvalue weighted by Gasteiger charge is 2.37. The van der Waals surface area contributed by atoms with Gasteiger partial charge in [0.25, 0.3) is 0 Å². The second-order valence-electron chi connectivity index (χ2n) is 5.95. The predicted molar refractivity (Wildman–Crippen MR) is 77.5 cm³/mol. The summed E-state index contributed by atoms with van der Waals surface area (Å²) in [4.78, 5) is 22.8. The third-order valence-corrected chi connectivity index (χ3v) is 4.48. The predicted octanol–water partition coefficient (Wildman–Crippen LogP) is 3.47. The second-order valence-corrected chi connectivity index (χ2v) is 5.95. The molecule has 0 bridgehead atoms. The van der Waals surface area contributed by atoms with E-state index in [1.165, 1.54) is 0 Å². The van der Waals surface area contributed by atoms with E-state index in [1.54, 1.807) is 0 Å². The minimum atomic E-state index is -0.769. The molecular formula is C17H22O3. The Morgan fingerprint density at radius 2 is 1.90 bits per heavy atom. The lowest BCUT2D eigenvalue weighted by atomic mass is 9.77. The topological polar surface area (TPSA) is 54.4 Å². The molecule has 1 aliphatic rings. The summed E-state index contributed by atoms with van der Waals surface area (Å²) in [5, 5.41) is 9.41. The fraction of sp³-hybridized carbons (Fsp3) is 0.529. The zero-order valence-electron chi connectivity index (χ0n) is 11.8. The van der Waals surface area contributed by atoms with E-state index >= 15 is 0 Å². The van der Waals surface area contributed by atoms with Gasteiger partial charge in [0, 0.05) is 5.41 Å². The first-order valence-corrected chi connectivity index (χ1v) is 7.38. The third-order valence-electron chi connectivity index (χ3n) is 4.48. The molecule has 3 nitrogen and oxygen atoms in total. The molecule has 0 radical (unpaired) electrons. The summed E-state index contributed by atoms with van der Waals surface area (Å²) in [7, 11) is 0. The second kappa shape index (κ2) is 6.69. The molecule has 0 amide bonds. The molecule has 108 valence electrons. The molecule has 1 atom stereocenters. The molecule has 1 aromatic carbocycles. The van der Waals surface area contributed by atoms with Gasteiger partial charge in [0.05, 0.1) is 5.92 Å². The highest BCUT2D eigenvalue weighted by molar-refractivity contribution is 5.71. The van der Waals surface area contributed by atoms with Crippen molar-refractivity contribution in [2.45, 2.75) is 44.9 Å². The Kier molecular flexibility index (Phi) is 4.94. The molecule has 0 unspecified atom stereocenters. The summed E-state index contributed by atoms with van der Waals surface area (Å²) in [5.74, 6) is -1.19. The number of aryl methyl sites for hydroxylation is 1. The van der Waals surface area contributed by atoms with Gasteiger partial charge in [-0.2, -0.15) is 0 Å². The Bertz CT molecular complexity index is 447. The van der Waals surface area contributed by atoms with E-state index in [-0.39, 0.29) is 5.41 Å². The monoisotopic (exact) mass is 274 g/mol. The van der Waals surface area contributed by atoms with E-state index in [0.717, 1.165) is 44.0 Å². The van der Waals surface area contributed by atoms with E-state index in [4.69, 9.17) is 0 Å². The SMILES string of the molecule is O=CC1(C[C@@H](CCc2ccccc2)C(=O)O)CCCC1. The Morgan fingerprint density at radius 3 is 2.45 bits per heavy atom. The van der Waals surface area contributed by atoms with Gasteiger partial charge in [0.2, 0.25) is 0 Å². The molecule has 0 aliphatic heterocycles. The van der Waals surface area contributed by atoms with Gasteiger partial charge < -0.3 is 9.90 Å². The van der Waals surface area contributed by atoms with Crippen LogP contribution in [-0.4, -0.2) is 17.4 Å². The maximum absolute atomic E-state index is 11.5. The van der Waals surface area contributed by atoms with Crippen LogP contribution in [0, 0.1) is 11.3 Å². The number of carboxylic acid groups (broad SMARTS) is 1. The van der Waals surface area contributed by atoms with E-state index < -0.39 is 11.9 Å². The minimum absolute atomic E-state index is 0.375. The lowest BCUT2D eigenvalue weighted by Crippen LogP contribution is -2.27. The van der Waals surface area contributed by atoms with Crippen molar-refractivity contribution in [1.29, 1.82) is 0 Å². The number of carbonyl (C=O) groups excluding carboxylic acids is 1. The molecule has 20 heavy (non-hydrogen) atoms. The van der Waals surface area contributed by atoms with Crippen LogP contribution in [0.2, 0.25) is 0 Å². The van der Waals surface area contributed by atoms with E-state index in [9.17, 15) is 14.7 Å². The van der Waals surface area contributed by atoms with Gasteiger partial charge in [-0.3, -0.25) is 4.79 Å². The van der Waals surface area contributed by atoms with Gasteiger partial charge in [-0.25, -0.2) is 0 Å². The Balaban J connectivity index is 1.97. The molecule has 0 spiro atoms. The van der Waals surface area contributed by atoms with Crippen LogP contribution < -0.4 is 0 Å². The fourth-order valence-corrected chi connectivity index (χ4v) is 3.24. The van der Waals surface area contributed by atoms with E-state index in [0.29, 0.717) is 12.8 Å². The van der Waals surface area contributed by atoms with Crippen molar-refractivity contribution < 1.29 is 14.7 Å². The highest BCUT2D eigenvalue weighted by atomic mass is 16.4. The lowest BCUT2D eigenvalue weighted by Gasteiger charge is -2.25. The van der Waals surface area contributed by atoms with Gasteiger partial charge in [-0.1, -0.05) is 43.2 Å². The van der Waals surface area contributed by atoms with E-state index in [1.807, 2.05) is 30.3 Å². The summed E-state index contributed by atoms with van der Waals surface area (Å²) < 4.78 is 0. The van der Waals surface area contributed by atoms with Crippen LogP contribution in [-0.2, 0) is 16.0 Å². The van der Waals surface area contributed by atoms with Gasteiger partial charge in [-0.05, 0) is 37.7 Å². The number of aldehydes is 1. The van der Waals surface area contributed by atoms with Crippen molar-refractivity contribution in [2.24, 2.45) is 11.3 Å². The first kappa shape index (κ1) is 14.8. The molecular weight excluding hydrogens is 252 g/mol. The van der Waals surface area contributed by atoms with Gasteiger partial charge >= 0.3 is 5.97 Å². The molecule has 1 aliphatic carbocycles. The molecule has 1 fully saturated rings. The molecule has 2 rings (SSSR count). The number of hydrogen-bond donors (Lipinski definition) is 1. The standard InChI is InChI=1S/C17H22O3/c18-13-17(10-4-5-11-17)12-15(16(19)20)9-8-14-6-2-1-3-7-14/h1-3,6-7,13,15H,4-5,8-12H2,(H,19,20)/t15-/m1/s1. The number of rotatable bonds is 7. The first-order chi connectivity index (χ1) is 9.65. The number of aliphatic carboxylic acids is 1. The van der Waals surface area contributed by atoms with Crippen LogP contribution >= 0.6 is 0 Å². The maximum atomic E-state index is 11.5. The smallest absolute Gasteiger partial charge is 0.306 e. The molecule has 1 N–H and O–H groups in total. The summed E-state index contributed by atoms with van der Waals surface area (Å²) in [5.41, 5.74) is 0.782. The van der Waals surface area contributed by atoms with Crippen LogP contribution in [0.5, 0.6) is 0 Å². The highest BCUT2D eigenvalue weighted by Crippen LogP contribution is 2.42. The van der Waals surface area contributed by atoms with Crippen molar-refractivity contribution in [3.05, 3.63) is 35.9 Å². The zero-order valence-corrected chi connectivity index (χ0v) is 11.8. The number of carbonyl (C=O) groups is 2. The van der Waals surface area contributed by atoms with Crippen LogP contribution in [0.3, 0.4) is 0 Å². The molecule has 0 saturated heterocycles. The normalized spacial score (nSPS) is 18.6. The summed E-state index contributed by atoms with van der Waals surface area (Å²) in [6.07, 6.45) is 6.67. The molecule has 0 aromatic heterocycles. The quantitative estimate of drug-likeness (QED) is 0.775. The Labute approximate surface area is 120 Å². The van der Waals surface area contributed by atoms with Crippen molar-refractivity contribution in [1.82, 2.24) is 0 Å². The van der Waals surface area contributed by atoms with Crippen LogP contribution in [0.15, 0.2) is 30.3 Å². The van der Waals surface area contributed by atoms with Crippen LogP contribution in [0.4, 0.5) is 0 Å². The van der Waals surface area contributed by atoms with Crippen molar-refractivity contribution in [3.63, 3.8) is 0 Å². The number of carboxylic acids is 1. The zero-order chi connectivity index (χ0) is 14.4. The van der Waals surface area contributed by atoms with Gasteiger partial charge in [0.1, 0.15) is 6.29 Å². The van der Waals surface area contributed by atoms with Gasteiger partial charge in [-0.15, -0.1) is 0 Å². The Morgan fingerprint density at radius 1 is 1.25 bits per heavy atom. The average molecular weight is 274 g/mol. The van der Waals surface area contributed by atoms with Crippen LogP contribution in [0.1, 0.15) is 44.1 Å². The molecule has 0 heterocycles. The lowest BCUT2D eigenvalue weighted by molar-refractivity contribution is -0.143. The third kappa shape index (κ3) is 3.69. The van der Waals surface area contributed by atoms with Gasteiger partial charge in [0.15, 0.2) is 0 Å². The molecule has 3 heteroatoms. The summed E-state index contributed by atoms with van der Waals surface area (Å²) in [6, 6.07) is 9.93. The fourth-order valence-electron chi connectivity index (χ4n) is 3.24. The van der Waals surface area contributed by atoms with E-state index in [2.05, 4.69) is 0 Å². The van der Waals surface area contributed by atoms with Crippen molar-refractivity contribution in [3.8, 4) is 0 Å². The van der Waals surface area contributed by atoms with Crippen molar-refractivity contribution in [2.75, 3.05) is 0 Å². The maximum Gasteiger partial charge on any atom is 0.306 e. The largest absolute Gasteiger partial charge is 0.481 e. The van der Waals surface area contributed by atoms with Crippen molar-refractivity contribution >= 4 is 12.3 Å². The molecule has 1 saturated carbocycles. The van der Waals surface area contributed by atoms with Crippen LogP contribution in [0.25, 0.3) is 0 Å². The Hall–Kier alpha value is -1.64. The molecule has 1 aromatic rings. The number of benzene rings is 1. The summed E-state index contributed by atoms with van der Waals surface area (Å²) >= 11 is 0. The minimum Gasteiger partial charge on any atom is -0.481 e. The number of hydrogen-bond acceptors (Lipinski definition) is 2. The first-order valence-electron chi connectivity index (χ1n) is 7.38. The average Bonchev–Trinajstić information content (AvgIpc) is 2.93.